The molecule has 110 valence electrons. The van der Waals surface area contributed by atoms with Gasteiger partial charge in [0.15, 0.2) is 0 Å². The summed E-state index contributed by atoms with van der Waals surface area (Å²) in [6.45, 7) is -0.456. The number of halogens is 1. The third kappa shape index (κ3) is 2.95. The summed E-state index contributed by atoms with van der Waals surface area (Å²) in [6.07, 6.45) is 2.17. The van der Waals surface area contributed by atoms with Crippen molar-refractivity contribution in [2.75, 3.05) is 6.54 Å². The second-order valence-electron chi connectivity index (χ2n) is 4.48. The van der Waals surface area contributed by atoms with E-state index in [-0.39, 0.29) is 6.42 Å². The minimum Gasteiger partial charge on any atom is -0.480 e. The van der Waals surface area contributed by atoms with Gasteiger partial charge in [0.1, 0.15) is 11.3 Å². The first-order chi connectivity index (χ1) is 9.29. The molecule has 20 heavy (non-hydrogen) atoms. The van der Waals surface area contributed by atoms with Crippen molar-refractivity contribution in [3.05, 3.63) is 18.2 Å². The molecule has 1 aliphatic rings. The van der Waals surface area contributed by atoms with Crippen LogP contribution in [0.3, 0.4) is 0 Å². The van der Waals surface area contributed by atoms with Crippen molar-refractivity contribution in [3.63, 3.8) is 0 Å². The zero-order valence-electron chi connectivity index (χ0n) is 10.2. The summed E-state index contributed by atoms with van der Waals surface area (Å²) in [5.74, 6) is -1.98. The Balaban J connectivity index is 2.18. The number of nitrogens with one attached hydrogen (secondary N) is 1. The lowest BCUT2D eigenvalue weighted by Crippen LogP contribution is -2.44. The van der Waals surface area contributed by atoms with E-state index in [1.54, 1.807) is 0 Å². The topological polar surface area (TPSA) is 120 Å². The summed E-state index contributed by atoms with van der Waals surface area (Å²) in [7, 11) is -4.87. The van der Waals surface area contributed by atoms with Crippen LogP contribution in [0, 0.1) is 0 Å². The fourth-order valence-electron chi connectivity index (χ4n) is 2.12. The molecule has 1 aromatic heterocycles. The Hall–Kier alpha value is -1.97. The molecule has 2 heterocycles. The molecule has 2 rings (SSSR count). The maximum atomic E-state index is 12.9. The highest BCUT2D eigenvalue weighted by molar-refractivity contribution is 7.87. The number of hydrogen-bond donors (Lipinski definition) is 2. The minimum atomic E-state index is -4.87. The first kappa shape index (κ1) is 14.4. The lowest BCUT2D eigenvalue weighted by atomic mass is 10.1. The van der Waals surface area contributed by atoms with Gasteiger partial charge in [-0.1, -0.05) is 0 Å². The summed E-state index contributed by atoms with van der Waals surface area (Å²) in [6, 6.07) is -1.25. The van der Waals surface area contributed by atoms with Crippen LogP contribution in [0.25, 0.3) is 0 Å². The molecule has 0 bridgehead atoms. The molecule has 1 fully saturated rings. The third-order valence-corrected chi connectivity index (χ3v) is 4.26. The van der Waals surface area contributed by atoms with E-state index in [1.807, 2.05) is 0 Å². The molecule has 1 aromatic rings. The molecule has 0 aliphatic carbocycles. The van der Waals surface area contributed by atoms with E-state index in [0.29, 0.717) is 5.69 Å². The smallest absolute Gasteiger partial charge is 0.326 e. The Kier molecular flexibility index (Phi) is 3.75. The monoisotopic (exact) mass is 305 g/mol. The number of likely N-dealkylation sites (tertiary alicyclic amines) is 1. The zero-order valence-corrected chi connectivity index (χ0v) is 11.0. The molecular formula is C10H12FN3O5S. The number of aromatic amines is 1. The molecule has 2 N–H and O–H groups in total. The summed E-state index contributed by atoms with van der Waals surface area (Å²) in [5.41, 5.74) is 0.483. The number of carbonyl (C=O) groups excluding carboxylic acids is 1. The number of aromatic nitrogens is 2. The van der Waals surface area contributed by atoms with Gasteiger partial charge in [0.2, 0.25) is 5.91 Å². The molecular weight excluding hydrogens is 293 g/mol. The lowest BCUT2D eigenvalue weighted by molar-refractivity contribution is -0.148. The first-order valence-corrected chi connectivity index (χ1v) is 7.16. The number of imidazole rings is 1. The van der Waals surface area contributed by atoms with Crippen molar-refractivity contribution in [2.24, 2.45) is 0 Å². The Labute approximate surface area is 113 Å². The molecule has 10 heteroatoms. The van der Waals surface area contributed by atoms with Gasteiger partial charge < -0.3 is 15.0 Å². The zero-order chi connectivity index (χ0) is 14.9. The Morgan fingerprint density at radius 3 is 2.80 bits per heavy atom. The van der Waals surface area contributed by atoms with Crippen molar-refractivity contribution in [2.45, 2.75) is 24.1 Å². The molecule has 0 spiro atoms. The van der Waals surface area contributed by atoms with Crippen LogP contribution < -0.4 is 0 Å². The Morgan fingerprint density at radius 1 is 1.65 bits per heavy atom. The quantitative estimate of drug-likeness (QED) is 0.694. The number of carbonyl (C=O) groups is 2. The number of H-pyrrole nitrogens is 1. The number of hydrogen-bond acceptors (Lipinski definition) is 5. The van der Waals surface area contributed by atoms with E-state index >= 15 is 0 Å². The molecule has 2 atom stereocenters. The summed E-state index contributed by atoms with van der Waals surface area (Å²) < 4.78 is 34.6. The molecule has 1 unspecified atom stereocenters. The van der Waals surface area contributed by atoms with Crippen molar-refractivity contribution in [1.29, 1.82) is 0 Å². The summed E-state index contributed by atoms with van der Waals surface area (Å²) in [4.78, 5) is 30.3. The lowest BCUT2D eigenvalue weighted by Gasteiger charge is -2.23. The molecule has 1 aliphatic heterocycles. The van der Waals surface area contributed by atoms with Crippen LogP contribution in [0.1, 0.15) is 12.1 Å². The van der Waals surface area contributed by atoms with Gasteiger partial charge in [-0.25, -0.2) is 9.78 Å². The minimum absolute atomic E-state index is 0.0554. The van der Waals surface area contributed by atoms with Crippen LogP contribution in [0.2, 0.25) is 0 Å². The second-order valence-corrected chi connectivity index (χ2v) is 6.10. The van der Waals surface area contributed by atoms with E-state index < -0.39 is 46.4 Å². The largest absolute Gasteiger partial charge is 0.480 e. The van der Waals surface area contributed by atoms with Crippen LogP contribution in [-0.2, 0) is 26.2 Å². The average molecular weight is 305 g/mol. The van der Waals surface area contributed by atoms with Crippen LogP contribution in [-0.4, -0.2) is 58.1 Å². The molecule has 0 saturated carbocycles. The summed E-state index contributed by atoms with van der Waals surface area (Å²) in [5, 5.41) is 7.67. The average Bonchev–Trinajstić information content (AvgIpc) is 2.94. The van der Waals surface area contributed by atoms with Crippen LogP contribution in [0.5, 0.6) is 0 Å². The number of nitrogens with zero attached hydrogens (tertiary/aromatic N) is 2. The van der Waals surface area contributed by atoms with Gasteiger partial charge in [0.25, 0.3) is 0 Å². The SMILES string of the molecule is O=C(O)[C@H](Cc1cnc[nH]1)N1CC(S(=O)(=O)F)CC1=O. The van der Waals surface area contributed by atoms with Gasteiger partial charge in [-0.15, -0.1) is 3.89 Å². The molecule has 1 saturated heterocycles. The Bertz CT molecular complexity index is 615. The van der Waals surface area contributed by atoms with E-state index in [0.717, 1.165) is 4.90 Å². The number of carboxylic acids is 1. The van der Waals surface area contributed by atoms with Crippen molar-refractivity contribution >= 4 is 22.1 Å². The highest BCUT2D eigenvalue weighted by Crippen LogP contribution is 2.23. The van der Waals surface area contributed by atoms with Gasteiger partial charge in [-0.05, 0) is 0 Å². The van der Waals surface area contributed by atoms with Crippen molar-refractivity contribution < 1.29 is 27.0 Å². The maximum absolute atomic E-state index is 12.9. The van der Waals surface area contributed by atoms with Crippen LogP contribution in [0.4, 0.5) is 3.89 Å². The van der Waals surface area contributed by atoms with E-state index in [1.165, 1.54) is 12.5 Å². The number of carboxylic acid groups (broad SMARTS) is 1. The maximum Gasteiger partial charge on any atom is 0.326 e. The van der Waals surface area contributed by atoms with Gasteiger partial charge in [-0.3, -0.25) is 4.79 Å². The van der Waals surface area contributed by atoms with Crippen molar-refractivity contribution in [1.82, 2.24) is 14.9 Å². The van der Waals surface area contributed by atoms with E-state index in [9.17, 15) is 21.9 Å². The predicted octanol–water partition coefficient (Wildman–Crippen LogP) is -0.694. The molecule has 1 amide bonds. The van der Waals surface area contributed by atoms with Gasteiger partial charge in [-0.2, -0.15) is 8.42 Å². The molecule has 0 radical (unpaired) electrons. The second kappa shape index (κ2) is 5.19. The fraction of sp³-hybridized carbons (Fsp3) is 0.500. The molecule has 0 aromatic carbocycles. The number of aliphatic carboxylic acids is 1. The summed E-state index contributed by atoms with van der Waals surface area (Å²) >= 11 is 0. The number of rotatable bonds is 5. The van der Waals surface area contributed by atoms with E-state index in [2.05, 4.69) is 9.97 Å². The van der Waals surface area contributed by atoms with Crippen LogP contribution in [0.15, 0.2) is 12.5 Å². The normalized spacial score (nSPS) is 21.1. The van der Waals surface area contributed by atoms with E-state index in [4.69, 9.17) is 5.11 Å². The highest BCUT2D eigenvalue weighted by atomic mass is 32.3. The van der Waals surface area contributed by atoms with Gasteiger partial charge in [0.05, 0.1) is 6.33 Å². The predicted molar refractivity (Wildman–Crippen MR) is 63.9 cm³/mol. The van der Waals surface area contributed by atoms with Gasteiger partial charge in [0, 0.05) is 31.3 Å². The van der Waals surface area contributed by atoms with Gasteiger partial charge >= 0.3 is 16.2 Å². The van der Waals surface area contributed by atoms with Crippen molar-refractivity contribution in [3.8, 4) is 0 Å². The standard InChI is InChI=1S/C10H12FN3O5S/c11-20(18,19)7-2-9(15)14(4-7)8(10(16)17)1-6-3-12-5-13-6/h3,5,7-8H,1-2,4H2,(H,12,13)(H,16,17)/t7?,8-/m0/s1. The molecule has 8 nitrogen and oxygen atoms in total. The fourth-order valence-corrected chi connectivity index (χ4v) is 2.80. The van der Waals surface area contributed by atoms with Crippen LogP contribution >= 0.6 is 0 Å². The first-order valence-electron chi connectivity index (χ1n) is 5.72. The number of amides is 1. The Morgan fingerprint density at radius 2 is 2.35 bits per heavy atom. The highest BCUT2D eigenvalue weighted by Gasteiger charge is 2.43. The third-order valence-electron chi connectivity index (χ3n) is 3.15.